The van der Waals surface area contributed by atoms with Gasteiger partial charge in [0, 0.05) is 18.1 Å². The van der Waals surface area contributed by atoms with Crippen LogP contribution < -0.4 is 0 Å². The molecule has 0 saturated carbocycles. The Morgan fingerprint density at radius 2 is 2.40 bits per heavy atom. The second-order valence-electron chi connectivity index (χ2n) is 4.23. The minimum absolute atomic E-state index is 0.0649. The predicted molar refractivity (Wildman–Crippen MR) is 65.7 cm³/mol. The summed E-state index contributed by atoms with van der Waals surface area (Å²) >= 11 is 0. The number of rotatable bonds is 3. The molecule has 1 aliphatic heterocycles. The summed E-state index contributed by atoms with van der Waals surface area (Å²) in [6, 6.07) is 3.41. The third-order valence-electron chi connectivity index (χ3n) is 2.96. The summed E-state index contributed by atoms with van der Waals surface area (Å²) in [6.45, 7) is 0.369. The number of non-ortho nitro benzene ring substituents is 1. The van der Waals surface area contributed by atoms with Crippen LogP contribution in [-0.4, -0.2) is 28.8 Å². The van der Waals surface area contributed by atoms with E-state index < -0.39 is 10.7 Å². The van der Waals surface area contributed by atoms with E-state index in [-0.39, 0.29) is 17.2 Å². The zero-order valence-electron chi connectivity index (χ0n) is 10.1. The van der Waals surface area contributed by atoms with Gasteiger partial charge in [0.2, 0.25) is 0 Å². The van der Waals surface area contributed by atoms with E-state index in [1.54, 1.807) is 12.4 Å². The Hall–Kier alpha value is -2.26. The second-order valence-corrected chi connectivity index (χ2v) is 4.23. The van der Waals surface area contributed by atoms with E-state index in [0.717, 1.165) is 11.6 Å². The average molecular weight is 276 g/mol. The second kappa shape index (κ2) is 5.02. The first-order chi connectivity index (χ1) is 9.65. The third-order valence-corrected chi connectivity index (χ3v) is 2.96. The van der Waals surface area contributed by atoms with Crippen molar-refractivity contribution >= 4 is 13.2 Å². The lowest BCUT2D eigenvalue weighted by Crippen LogP contribution is -2.03. The van der Waals surface area contributed by atoms with Gasteiger partial charge < -0.3 is 4.81 Å². The maximum atomic E-state index is 13.9. The first-order valence-electron chi connectivity index (χ1n) is 5.75. The highest BCUT2D eigenvalue weighted by Gasteiger charge is 2.24. The molecule has 9 heteroatoms. The van der Waals surface area contributed by atoms with Gasteiger partial charge in [-0.05, 0) is 11.6 Å². The monoisotopic (exact) mass is 276 g/mol. The van der Waals surface area contributed by atoms with E-state index in [4.69, 9.17) is 4.89 Å². The molecule has 3 rings (SSSR count). The van der Waals surface area contributed by atoms with Crippen LogP contribution >= 0.6 is 0 Å². The number of benzene rings is 1. The number of nitro benzene ring substituents is 1. The molecule has 2 aromatic rings. The van der Waals surface area contributed by atoms with Crippen molar-refractivity contribution in [1.29, 1.82) is 0 Å². The number of nitrogens with zero attached hydrogens (tertiary/aromatic N) is 3. The normalized spacial score (nSPS) is 17.9. The molecule has 7 nitrogen and oxygen atoms in total. The van der Waals surface area contributed by atoms with Gasteiger partial charge in [0.25, 0.3) is 5.69 Å². The molecule has 2 heterocycles. The Kier molecular flexibility index (Phi) is 3.21. The molecule has 1 aromatic heterocycles. The molecule has 1 radical (unpaired) electrons. The van der Waals surface area contributed by atoms with E-state index in [9.17, 15) is 14.5 Å². The third kappa shape index (κ3) is 2.28. The molecule has 0 aliphatic carbocycles. The Morgan fingerprint density at radius 3 is 3.05 bits per heavy atom. The molecular formula is C11H8BFN3O4. The van der Waals surface area contributed by atoms with Gasteiger partial charge in [0.15, 0.2) is 5.82 Å². The first kappa shape index (κ1) is 12.8. The topological polar surface area (TPSA) is 79.4 Å². The van der Waals surface area contributed by atoms with Crippen LogP contribution in [0.2, 0.25) is 0 Å². The van der Waals surface area contributed by atoms with E-state index in [0.29, 0.717) is 6.61 Å². The molecule has 1 unspecified atom stereocenters. The quantitative estimate of drug-likeness (QED) is 0.367. The van der Waals surface area contributed by atoms with Gasteiger partial charge in [-0.1, -0.05) is 0 Å². The molecular weight excluding hydrogens is 268 g/mol. The zero-order valence-corrected chi connectivity index (χ0v) is 10.1. The van der Waals surface area contributed by atoms with Gasteiger partial charge in [-0.15, -0.1) is 0 Å². The van der Waals surface area contributed by atoms with Crippen LogP contribution in [0, 0.1) is 15.9 Å². The first-order valence-corrected chi connectivity index (χ1v) is 5.75. The molecule has 1 aromatic carbocycles. The van der Waals surface area contributed by atoms with Crippen molar-refractivity contribution in [2.24, 2.45) is 0 Å². The van der Waals surface area contributed by atoms with Gasteiger partial charge in [-0.2, -0.15) is 5.10 Å². The van der Waals surface area contributed by atoms with Crippen molar-refractivity contribution in [3.8, 4) is 5.69 Å². The lowest BCUT2D eigenvalue weighted by Gasteiger charge is -2.03. The van der Waals surface area contributed by atoms with Crippen molar-refractivity contribution in [3.05, 3.63) is 52.1 Å². The van der Waals surface area contributed by atoms with Crippen molar-refractivity contribution in [2.45, 2.75) is 5.82 Å². The van der Waals surface area contributed by atoms with Crippen molar-refractivity contribution in [1.82, 2.24) is 9.78 Å². The zero-order chi connectivity index (χ0) is 14.1. The van der Waals surface area contributed by atoms with Crippen LogP contribution in [0.15, 0.2) is 30.6 Å². The van der Waals surface area contributed by atoms with Crippen LogP contribution in [-0.2, 0) is 9.69 Å². The molecule has 0 amide bonds. The SMILES string of the molecule is O=[N+]([O-])c1ccc(-n2cc(C3[B]OOC3)cn2)c(F)c1. The van der Waals surface area contributed by atoms with Crippen molar-refractivity contribution < 1.29 is 19.0 Å². The van der Waals surface area contributed by atoms with Crippen LogP contribution in [0.4, 0.5) is 10.1 Å². The predicted octanol–water partition coefficient (Wildman–Crippen LogP) is 1.54. The molecule has 1 fully saturated rings. The summed E-state index contributed by atoms with van der Waals surface area (Å²) < 4.78 is 15.2. The Balaban J connectivity index is 1.91. The summed E-state index contributed by atoms with van der Waals surface area (Å²) in [6.07, 6.45) is 3.20. The Morgan fingerprint density at radius 1 is 1.55 bits per heavy atom. The van der Waals surface area contributed by atoms with Gasteiger partial charge in [0.1, 0.15) is 5.69 Å². The van der Waals surface area contributed by atoms with E-state index in [2.05, 4.69) is 9.90 Å². The van der Waals surface area contributed by atoms with Crippen LogP contribution in [0.3, 0.4) is 0 Å². The molecule has 1 saturated heterocycles. The van der Waals surface area contributed by atoms with Gasteiger partial charge in [-0.3, -0.25) is 15.0 Å². The van der Waals surface area contributed by atoms with Gasteiger partial charge in [0.05, 0.1) is 23.8 Å². The van der Waals surface area contributed by atoms with Crippen molar-refractivity contribution in [2.75, 3.05) is 6.61 Å². The van der Waals surface area contributed by atoms with E-state index in [1.165, 1.54) is 24.3 Å². The molecule has 1 aliphatic rings. The van der Waals surface area contributed by atoms with E-state index in [1.807, 2.05) is 0 Å². The molecule has 1 atom stereocenters. The molecule has 0 N–H and O–H groups in total. The van der Waals surface area contributed by atoms with Gasteiger partial charge in [-0.25, -0.2) is 9.07 Å². The van der Waals surface area contributed by atoms with Crippen LogP contribution in [0.5, 0.6) is 0 Å². The number of halogens is 1. The summed E-state index contributed by atoms with van der Waals surface area (Å²) in [7, 11) is 1.52. The van der Waals surface area contributed by atoms with Gasteiger partial charge >= 0.3 is 7.48 Å². The smallest absolute Gasteiger partial charge is 0.310 e. The fourth-order valence-corrected chi connectivity index (χ4v) is 1.89. The highest BCUT2D eigenvalue weighted by Crippen LogP contribution is 2.23. The number of hydrogen-bond donors (Lipinski definition) is 0. The number of hydrogen-bond acceptors (Lipinski definition) is 5. The van der Waals surface area contributed by atoms with E-state index >= 15 is 0 Å². The highest BCUT2D eigenvalue weighted by molar-refractivity contribution is 6.30. The average Bonchev–Trinajstić information content (AvgIpc) is 3.09. The highest BCUT2D eigenvalue weighted by atomic mass is 19.1. The minimum atomic E-state index is -0.711. The molecule has 0 bridgehead atoms. The fourth-order valence-electron chi connectivity index (χ4n) is 1.89. The lowest BCUT2D eigenvalue weighted by molar-refractivity contribution is -0.385. The fraction of sp³-hybridized carbons (Fsp3) is 0.182. The molecule has 20 heavy (non-hydrogen) atoms. The van der Waals surface area contributed by atoms with Crippen molar-refractivity contribution in [3.63, 3.8) is 0 Å². The summed E-state index contributed by atoms with van der Waals surface area (Å²) in [4.78, 5) is 19.3. The Bertz CT molecular complexity index is 657. The lowest BCUT2D eigenvalue weighted by atomic mass is 9.78. The molecule has 101 valence electrons. The maximum Gasteiger partial charge on any atom is 0.354 e. The largest absolute Gasteiger partial charge is 0.354 e. The summed E-state index contributed by atoms with van der Waals surface area (Å²) in [5.74, 6) is -0.776. The molecule has 0 spiro atoms. The van der Waals surface area contributed by atoms with Crippen LogP contribution in [0.1, 0.15) is 11.4 Å². The number of nitro groups is 1. The van der Waals surface area contributed by atoms with Crippen LogP contribution in [0.25, 0.3) is 5.69 Å². The minimum Gasteiger partial charge on any atom is -0.310 e. The maximum absolute atomic E-state index is 13.9. The standard InChI is InChI=1S/C11H8BFN3O4/c13-10-3-8(16(17)18)1-2-11(10)15-5-7(4-14-15)9-6-19-20-12-9/h1-5,9H,6H2. The number of aromatic nitrogens is 2. The Labute approximate surface area is 113 Å². The summed E-state index contributed by atoms with van der Waals surface area (Å²) in [5.41, 5.74) is 0.645. The summed E-state index contributed by atoms with van der Waals surface area (Å²) in [5, 5.41) is 14.6.